The van der Waals surface area contributed by atoms with Crippen LogP contribution in [0.1, 0.15) is 37.5 Å². The highest BCUT2D eigenvalue weighted by Gasteiger charge is 2.35. The SMILES string of the molecule is CCOc1ccc(N(CC(=O)N(Cc2ccc(C)cc2)C(Cc2ccccc2)C(=O)NC(C)C)S(=O)(=O)c2ccc(Br)cc2)cc1. The number of aryl methyl sites for hydroxylation is 1. The summed E-state index contributed by atoms with van der Waals surface area (Å²) in [6.07, 6.45) is 0.250. The molecule has 0 bridgehead atoms. The molecule has 1 N–H and O–H groups in total. The van der Waals surface area contributed by atoms with Crippen LogP contribution in [0, 0.1) is 6.92 Å². The fourth-order valence-corrected chi connectivity index (χ4v) is 6.64. The Morgan fingerprint density at radius 1 is 0.848 bits per heavy atom. The molecule has 0 radical (unpaired) electrons. The Morgan fingerprint density at radius 3 is 2.07 bits per heavy atom. The third kappa shape index (κ3) is 9.20. The van der Waals surface area contributed by atoms with E-state index in [-0.39, 0.29) is 29.8 Å². The fraction of sp³-hybridized carbons (Fsp3) is 0.278. The molecule has 0 aliphatic rings. The molecule has 0 saturated carbocycles. The maximum absolute atomic E-state index is 14.5. The smallest absolute Gasteiger partial charge is 0.264 e. The zero-order chi connectivity index (χ0) is 33.3. The lowest BCUT2D eigenvalue weighted by atomic mass is 10.0. The summed E-state index contributed by atoms with van der Waals surface area (Å²) in [6, 6.07) is 29.0. The van der Waals surface area contributed by atoms with Crippen LogP contribution in [-0.2, 0) is 32.6 Å². The van der Waals surface area contributed by atoms with Crippen molar-refractivity contribution in [2.24, 2.45) is 0 Å². The molecule has 0 fully saturated rings. The standard InChI is InChI=1S/C36H40BrN3O5S/c1-5-45-32-19-17-31(18-20-32)40(46(43,44)33-21-15-30(37)16-22-33)25-35(41)39(24-29-13-11-27(4)12-14-29)34(36(42)38-26(2)3)23-28-9-7-6-8-10-28/h6-22,26,34H,5,23-25H2,1-4H3,(H,38,42). The molecule has 2 amide bonds. The van der Waals surface area contributed by atoms with E-state index >= 15 is 0 Å². The molecule has 4 aromatic carbocycles. The first-order chi connectivity index (χ1) is 22.0. The van der Waals surface area contributed by atoms with E-state index in [1.807, 2.05) is 82.3 Å². The molecule has 8 nitrogen and oxygen atoms in total. The van der Waals surface area contributed by atoms with E-state index in [9.17, 15) is 18.0 Å². The molecular weight excluding hydrogens is 666 g/mol. The lowest BCUT2D eigenvalue weighted by Crippen LogP contribution is -2.54. The number of carbonyl (C=O) groups is 2. The fourth-order valence-electron chi connectivity index (χ4n) is 4.96. The first-order valence-corrected chi connectivity index (χ1v) is 17.4. The lowest BCUT2D eigenvalue weighted by molar-refractivity contribution is -0.140. The largest absolute Gasteiger partial charge is 0.494 e. The summed E-state index contributed by atoms with van der Waals surface area (Å²) in [4.78, 5) is 29.9. The van der Waals surface area contributed by atoms with Gasteiger partial charge in [-0.05, 0) is 87.4 Å². The molecule has 46 heavy (non-hydrogen) atoms. The highest BCUT2D eigenvalue weighted by molar-refractivity contribution is 9.10. The number of ether oxygens (including phenoxy) is 1. The third-order valence-corrected chi connectivity index (χ3v) is 9.61. The van der Waals surface area contributed by atoms with Gasteiger partial charge in [-0.1, -0.05) is 76.1 Å². The van der Waals surface area contributed by atoms with E-state index in [1.54, 1.807) is 36.4 Å². The molecule has 1 atom stereocenters. The number of halogens is 1. The number of sulfonamides is 1. The summed E-state index contributed by atoms with van der Waals surface area (Å²) in [5.41, 5.74) is 3.04. The predicted octanol–water partition coefficient (Wildman–Crippen LogP) is 6.52. The number of nitrogens with zero attached hydrogens (tertiary/aromatic N) is 2. The van der Waals surface area contributed by atoms with Gasteiger partial charge in [0.1, 0.15) is 18.3 Å². The van der Waals surface area contributed by atoms with Crippen molar-refractivity contribution in [3.63, 3.8) is 0 Å². The minimum atomic E-state index is -4.20. The highest BCUT2D eigenvalue weighted by atomic mass is 79.9. The van der Waals surface area contributed by atoms with Crippen LogP contribution < -0.4 is 14.4 Å². The maximum Gasteiger partial charge on any atom is 0.264 e. The van der Waals surface area contributed by atoms with E-state index < -0.39 is 28.5 Å². The molecule has 0 aromatic heterocycles. The Balaban J connectivity index is 1.80. The van der Waals surface area contributed by atoms with Crippen LogP contribution in [0.4, 0.5) is 5.69 Å². The van der Waals surface area contributed by atoms with Crippen LogP contribution in [0.3, 0.4) is 0 Å². The second kappa shape index (κ2) is 15.9. The first kappa shape index (κ1) is 34.7. The number of carbonyl (C=O) groups excluding carboxylic acids is 2. The molecule has 0 spiro atoms. The summed E-state index contributed by atoms with van der Waals surface area (Å²) in [5, 5.41) is 2.97. The Kier molecular flexibility index (Phi) is 12.0. The van der Waals surface area contributed by atoms with Crippen LogP contribution in [-0.4, -0.2) is 50.4 Å². The van der Waals surface area contributed by atoms with Crippen molar-refractivity contribution in [3.05, 3.63) is 124 Å². The molecule has 4 rings (SSSR count). The summed E-state index contributed by atoms with van der Waals surface area (Å²) < 4.78 is 35.7. The zero-order valence-electron chi connectivity index (χ0n) is 26.5. The average molecular weight is 707 g/mol. The number of anilines is 1. The van der Waals surface area contributed by atoms with Gasteiger partial charge in [0.2, 0.25) is 11.8 Å². The molecule has 4 aromatic rings. The van der Waals surface area contributed by atoms with Crippen molar-refractivity contribution in [2.45, 2.75) is 57.6 Å². The maximum atomic E-state index is 14.5. The van der Waals surface area contributed by atoms with Gasteiger partial charge < -0.3 is 15.0 Å². The Hall–Kier alpha value is -4.15. The zero-order valence-corrected chi connectivity index (χ0v) is 28.9. The number of amides is 2. The van der Waals surface area contributed by atoms with E-state index in [2.05, 4.69) is 21.2 Å². The second-order valence-corrected chi connectivity index (χ2v) is 14.0. The van der Waals surface area contributed by atoms with Gasteiger partial charge in [-0.3, -0.25) is 13.9 Å². The Morgan fingerprint density at radius 2 is 1.48 bits per heavy atom. The molecular formula is C36H40BrN3O5S. The number of hydrogen-bond donors (Lipinski definition) is 1. The molecule has 1 unspecified atom stereocenters. The highest BCUT2D eigenvalue weighted by Crippen LogP contribution is 2.28. The minimum absolute atomic E-state index is 0.0286. The van der Waals surface area contributed by atoms with Crippen molar-refractivity contribution >= 4 is 43.5 Å². The van der Waals surface area contributed by atoms with E-state index in [4.69, 9.17) is 4.74 Å². The topological polar surface area (TPSA) is 96.0 Å². The number of hydrogen-bond acceptors (Lipinski definition) is 5. The molecule has 0 heterocycles. The van der Waals surface area contributed by atoms with Crippen molar-refractivity contribution in [1.82, 2.24) is 10.2 Å². The van der Waals surface area contributed by atoms with Gasteiger partial charge in [-0.2, -0.15) is 0 Å². The summed E-state index contributed by atoms with van der Waals surface area (Å²) >= 11 is 3.36. The molecule has 0 aliphatic heterocycles. The van der Waals surface area contributed by atoms with Gasteiger partial charge in [-0.25, -0.2) is 8.42 Å². The normalized spacial score (nSPS) is 12.0. The Bertz CT molecular complexity index is 1700. The van der Waals surface area contributed by atoms with Crippen molar-refractivity contribution in [3.8, 4) is 5.75 Å². The predicted molar refractivity (Wildman–Crippen MR) is 185 cm³/mol. The van der Waals surface area contributed by atoms with Gasteiger partial charge in [-0.15, -0.1) is 0 Å². The van der Waals surface area contributed by atoms with Gasteiger partial charge in [0.05, 0.1) is 17.2 Å². The summed E-state index contributed by atoms with van der Waals surface area (Å²) in [6.45, 7) is 7.59. The Labute approximate surface area is 280 Å². The van der Waals surface area contributed by atoms with Crippen molar-refractivity contribution < 1.29 is 22.7 Å². The van der Waals surface area contributed by atoms with Gasteiger partial charge >= 0.3 is 0 Å². The quantitative estimate of drug-likeness (QED) is 0.161. The van der Waals surface area contributed by atoms with Crippen molar-refractivity contribution in [1.29, 1.82) is 0 Å². The summed E-state index contributed by atoms with van der Waals surface area (Å²) in [7, 11) is -4.20. The first-order valence-electron chi connectivity index (χ1n) is 15.2. The van der Waals surface area contributed by atoms with Crippen LogP contribution >= 0.6 is 15.9 Å². The van der Waals surface area contributed by atoms with Gasteiger partial charge in [0.15, 0.2) is 0 Å². The van der Waals surface area contributed by atoms with Gasteiger partial charge in [0.25, 0.3) is 10.0 Å². The third-order valence-electron chi connectivity index (χ3n) is 7.29. The molecule has 10 heteroatoms. The van der Waals surface area contributed by atoms with Crippen LogP contribution in [0.25, 0.3) is 0 Å². The second-order valence-electron chi connectivity index (χ2n) is 11.3. The van der Waals surface area contributed by atoms with Crippen LogP contribution in [0.5, 0.6) is 5.75 Å². The van der Waals surface area contributed by atoms with E-state index in [0.29, 0.717) is 18.0 Å². The molecule has 0 saturated heterocycles. The van der Waals surface area contributed by atoms with Crippen molar-refractivity contribution in [2.75, 3.05) is 17.5 Å². The molecule has 242 valence electrons. The lowest BCUT2D eigenvalue weighted by Gasteiger charge is -2.34. The monoisotopic (exact) mass is 705 g/mol. The molecule has 0 aliphatic carbocycles. The number of rotatable bonds is 14. The van der Waals surface area contributed by atoms with Gasteiger partial charge in [0, 0.05) is 23.5 Å². The average Bonchev–Trinajstić information content (AvgIpc) is 3.03. The van der Waals surface area contributed by atoms with Crippen LogP contribution in [0.2, 0.25) is 0 Å². The van der Waals surface area contributed by atoms with Crippen LogP contribution in [0.15, 0.2) is 112 Å². The number of benzene rings is 4. The van der Waals surface area contributed by atoms with E-state index in [0.717, 1.165) is 25.5 Å². The summed E-state index contributed by atoms with van der Waals surface area (Å²) in [5.74, 6) is -0.259. The number of nitrogens with one attached hydrogen (secondary N) is 1. The minimum Gasteiger partial charge on any atom is -0.494 e. The van der Waals surface area contributed by atoms with E-state index in [1.165, 1.54) is 17.0 Å².